The lowest BCUT2D eigenvalue weighted by Crippen LogP contribution is -2.22. The van der Waals surface area contributed by atoms with Gasteiger partial charge in [0.05, 0.1) is 17.7 Å². The zero-order chi connectivity index (χ0) is 17.6. The molecular formula is C19H20N3O2-. The SMILES string of the molecule is Cc1cc(C)c(Cc2c(C)nc3c(C(=O)[O-])cnn3c2C)c(C)c1. The molecule has 0 spiro atoms. The average Bonchev–Trinajstić information content (AvgIpc) is 2.89. The summed E-state index contributed by atoms with van der Waals surface area (Å²) in [6.07, 6.45) is 2.05. The number of nitrogens with zero attached hydrogens (tertiary/aromatic N) is 3. The van der Waals surface area contributed by atoms with E-state index in [1.54, 1.807) is 4.52 Å². The molecule has 24 heavy (non-hydrogen) atoms. The summed E-state index contributed by atoms with van der Waals surface area (Å²) in [5.74, 6) is -1.26. The number of fused-ring (bicyclic) bond motifs is 1. The molecule has 2 aromatic heterocycles. The molecule has 0 aliphatic carbocycles. The van der Waals surface area contributed by atoms with Crippen LogP contribution in [0.2, 0.25) is 0 Å². The number of carbonyl (C=O) groups excluding carboxylic acids is 1. The molecule has 0 aliphatic rings. The van der Waals surface area contributed by atoms with Crippen molar-refractivity contribution in [3.63, 3.8) is 0 Å². The van der Waals surface area contributed by atoms with Crippen molar-refractivity contribution in [1.82, 2.24) is 14.6 Å². The van der Waals surface area contributed by atoms with Crippen molar-refractivity contribution < 1.29 is 9.90 Å². The fourth-order valence-corrected chi connectivity index (χ4v) is 3.38. The minimum absolute atomic E-state index is 0.0236. The summed E-state index contributed by atoms with van der Waals surface area (Å²) in [6.45, 7) is 10.2. The Morgan fingerprint density at radius 2 is 1.71 bits per heavy atom. The number of aromatic carboxylic acids is 1. The third kappa shape index (κ3) is 2.56. The van der Waals surface area contributed by atoms with E-state index in [0.717, 1.165) is 23.4 Å². The van der Waals surface area contributed by atoms with Crippen LogP contribution in [0.1, 0.15) is 49.6 Å². The van der Waals surface area contributed by atoms with Crippen LogP contribution in [0, 0.1) is 34.6 Å². The predicted molar refractivity (Wildman–Crippen MR) is 90.3 cm³/mol. The Balaban J connectivity index is 2.16. The summed E-state index contributed by atoms with van der Waals surface area (Å²) in [7, 11) is 0. The van der Waals surface area contributed by atoms with Gasteiger partial charge in [-0.1, -0.05) is 17.7 Å². The minimum Gasteiger partial charge on any atom is -0.545 e. The van der Waals surface area contributed by atoms with Gasteiger partial charge in [0.2, 0.25) is 0 Å². The summed E-state index contributed by atoms with van der Waals surface area (Å²) in [5, 5.41) is 15.4. The van der Waals surface area contributed by atoms with Crippen molar-refractivity contribution >= 4 is 11.6 Å². The van der Waals surface area contributed by atoms with E-state index in [1.165, 1.54) is 28.5 Å². The van der Waals surface area contributed by atoms with E-state index >= 15 is 0 Å². The normalized spacial score (nSPS) is 11.2. The van der Waals surface area contributed by atoms with E-state index in [-0.39, 0.29) is 5.56 Å². The maximum Gasteiger partial charge on any atom is 0.164 e. The topological polar surface area (TPSA) is 70.3 Å². The van der Waals surface area contributed by atoms with Gasteiger partial charge in [-0.2, -0.15) is 5.10 Å². The van der Waals surface area contributed by atoms with Crippen LogP contribution in [0.15, 0.2) is 18.3 Å². The molecule has 3 rings (SSSR count). The molecule has 0 saturated carbocycles. The smallest absolute Gasteiger partial charge is 0.164 e. The predicted octanol–water partition coefficient (Wildman–Crippen LogP) is 2.23. The van der Waals surface area contributed by atoms with E-state index in [4.69, 9.17) is 0 Å². The minimum atomic E-state index is -1.26. The van der Waals surface area contributed by atoms with Crippen LogP contribution in [-0.4, -0.2) is 20.6 Å². The Labute approximate surface area is 141 Å². The molecule has 2 heterocycles. The molecular weight excluding hydrogens is 302 g/mol. The van der Waals surface area contributed by atoms with Gasteiger partial charge >= 0.3 is 0 Å². The van der Waals surface area contributed by atoms with Crippen LogP contribution < -0.4 is 5.11 Å². The molecule has 0 amide bonds. The first-order chi connectivity index (χ1) is 11.3. The standard InChI is InChI=1S/C19H21N3O2/c1-10-6-11(2)15(12(3)7-10)8-16-13(4)21-18-17(19(23)24)9-20-22(18)14(16)5/h6-7,9H,8H2,1-5H3,(H,23,24)/p-1. The van der Waals surface area contributed by atoms with Crippen molar-refractivity contribution in [1.29, 1.82) is 0 Å². The number of carboxylic acids is 1. The second-order valence-corrected chi connectivity index (χ2v) is 6.40. The van der Waals surface area contributed by atoms with Gasteiger partial charge in [0.25, 0.3) is 0 Å². The van der Waals surface area contributed by atoms with E-state index in [0.29, 0.717) is 5.65 Å². The van der Waals surface area contributed by atoms with Gasteiger partial charge < -0.3 is 9.90 Å². The van der Waals surface area contributed by atoms with Crippen molar-refractivity contribution in [2.75, 3.05) is 0 Å². The summed E-state index contributed by atoms with van der Waals surface area (Å²) in [5.41, 5.74) is 8.20. The number of aryl methyl sites for hydroxylation is 5. The first kappa shape index (κ1) is 16.2. The molecule has 5 nitrogen and oxygen atoms in total. The average molecular weight is 322 g/mol. The third-order valence-corrected chi connectivity index (χ3v) is 4.62. The monoisotopic (exact) mass is 322 g/mol. The second kappa shape index (κ2) is 5.74. The molecule has 0 N–H and O–H groups in total. The zero-order valence-electron chi connectivity index (χ0n) is 14.6. The molecule has 0 bridgehead atoms. The number of aromatic nitrogens is 3. The van der Waals surface area contributed by atoms with Crippen molar-refractivity contribution in [2.45, 2.75) is 41.0 Å². The Morgan fingerprint density at radius 3 is 2.29 bits per heavy atom. The number of carboxylic acid groups (broad SMARTS) is 1. The number of carbonyl (C=O) groups is 1. The van der Waals surface area contributed by atoms with Gasteiger partial charge in [-0.3, -0.25) is 0 Å². The van der Waals surface area contributed by atoms with E-state index in [2.05, 4.69) is 43.0 Å². The van der Waals surface area contributed by atoms with Crippen LogP contribution >= 0.6 is 0 Å². The lowest BCUT2D eigenvalue weighted by Gasteiger charge is -2.16. The fraction of sp³-hybridized carbons (Fsp3) is 0.316. The van der Waals surface area contributed by atoms with Gasteiger partial charge in [0, 0.05) is 17.8 Å². The molecule has 124 valence electrons. The number of rotatable bonds is 3. The Bertz CT molecular complexity index is 947. The number of benzene rings is 1. The summed E-state index contributed by atoms with van der Waals surface area (Å²) >= 11 is 0. The largest absolute Gasteiger partial charge is 0.545 e. The molecule has 5 heteroatoms. The molecule has 0 aliphatic heterocycles. The van der Waals surface area contributed by atoms with E-state index < -0.39 is 5.97 Å². The molecule has 0 saturated heterocycles. The highest BCUT2D eigenvalue weighted by atomic mass is 16.4. The maximum atomic E-state index is 11.2. The highest BCUT2D eigenvalue weighted by molar-refractivity contribution is 5.92. The van der Waals surface area contributed by atoms with Crippen LogP contribution in [0.4, 0.5) is 0 Å². The Hall–Kier alpha value is -2.69. The molecule has 0 radical (unpaired) electrons. The van der Waals surface area contributed by atoms with Gasteiger partial charge in [-0.15, -0.1) is 0 Å². The Morgan fingerprint density at radius 1 is 1.08 bits per heavy atom. The molecule has 0 fully saturated rings. The molecule has 0 atom stereocenters. The quantitative estimate of drug-likeness (QED) is 0.741. The highest BCUT2D eigenvalue weighted by Gasteiger charge is 2.16. The Kier molecular flexibility index (Phi) is 3.87. The van der Waals surface area contributed by atoms with Crippen LogP contribution in [0.5, 0.6) is 0 Å². The first-order valence-corrected chi connectivity index (χ1v) is 7.91. The van der Waals surface area contributed by atoms with Gasteiger partial charge in [-0.05, 0) is 56.9 Å². The lowest BCUT2D eigenvalue weighted by atomic mass is 9.93. The van der Waals surface area contributed by atoms with Crippen LogP contribution in [-0.2, 0) is 6.42 Å². The first-order valence-electron chi connectivity index (χ1n) is 7.91. The van der Waals surface area contributed by atoms with Gasteiger partial charge in [-0.25, -0.2) is 9.50 Å². The molecule has 1 aromatic carbocycles. The van der Waals surface area contributed by atoms with Crippen molar-refractivity contribution in [3.05, 3.63) is 63.1 Å². The van der Waals surface area contributed by atoms with Crippen molar-refractivity contribution in [3.8, 4) is 0 Å². The number of hydrogen-bond acceptors (Lipinski definition) is 4. The zero-order valence-corrected chi connectivity index (χ0v) is 14.6. The fourth-order valence-electron chi connectivity index (χ4n) is 3.38. The number of hydrogen-bond donors (Lipinski definition) is 0. The van der Waals surface area contributed by atoms with E-state index in [1.807, 2.05) is 13.8 Å². The van der Waals surface area contributed by atoms with Crippen molar-refractivity contribution in [2.24, 2.45) is 0 Å². The van der Waals surface area contributed by atoms with E-state index in [9.17, 15) is 9.90 Å². The maximum absolute atomic E-state index is 11.2. The summed E-state index contributed by atoms with van der Waals surface area (Å²) < 4.78 is 1.59. The summed E-state index contributed by atoms with van der Waals surface area (Å²) in [6, 6.07) is 4.36. The van der Waals surface area contributed by atoms with Gasteiger partial charge in [0.1, 0.15) is 0 Å². The molecule has 3 aromatic rings. The van der Waals surface area contributed by atoms with Gasteiger partial charge in [0.15, 0.2) is 5.65 Å². The third-order valence-electron chi connectivity index (χ3n) is 4.62. The lowest BCUT2D eigenvalue weighted by molar-refractivity contribution is -0.254. The second-order valence-electron chi connectivity index (χ2n) is 6.40. The summed E-state index contributed by atoms with van der Waals surface area (Å²) in [4.78, 5) is 15.7. The molecule has 0 unspecified atom stereocenters. The van der Waals surface area contributed by atoms with Crippen LogP contribution in [0.3, 0.4) is 0 Å². The van der Waals surface area contributed by atoms with Crippen LogP contribution in [0.25, 0.3) is 5.65 Å². The highest BCUT2D eigenvalue weighted by Crippen LogP contribution is 2.24.